The van der Waals surface area contributed by atoms with Crippen molar-refractivity contribution < 1.29 is 8.42 Å². The number of sulfonamides is 1. The second-order valence-electron chi connectivity index (χ2n) is 5.36. The van der Waals surface area contributed by atoms with E-state index in [1.807, 2.05) is 14.0 Å². The first-order valence-electron chi connectivity index (χ1n) is 6.70. The van der Waals surface area contributed by atoms with Crippen molar-refractivity contribution in [1.82, 2.24) is 10.0 Å². The van der Waals surface area contributed by atoms with Crippen LogP contribution in [-0.4, -0.2) is 22.0 Å². The standard InChI is InChI=1S/C14H23ClN2O2S/c1-10(2)11(3)8-17-20(18,19)13-6-5-12(9-16-4)14(15)7-13/h5-7,10-11,16-17H,8-9H2,1-4H3. The van der Waals surface area contributed by atoms with E-state index in [4.69, 9.17) is 11.6 Å². The van der Waals surface area contributed by atoms with Gasteiger partial charge in [0.15, 0.2) is 0 Å². The predicted molar refractivity (Wildman–Crippen MR) is 83.4 cm³/mol. The van der Waals surface area contributed by atoms with Crippen LogP contribution in [0.15, 0.2) is 23.1 Å². The largest absolute Gasteiger partial charge is 0.316 e. The Bertz CT molecular complexity index is 544. The number of hydrogen-bond donors (Lipinski definition) is 2. The van der Waals surface area contributed by atoms with Crippen LogP contribution in [0.25, 0.3) is 0 Å². The van der Waals surface area contributed by atoms with Crippen molar-refractivity contribution >= 4 is 21.6 Å². The molecule has 2 N–H and O–H groups in total. The van der Waals surface area contributed by atoms with Gasteiger partial charge in [0, 0.05) is 18.1 Å². The normalized spacial score (nSPS) is 13.7. The first kappa shape index (κ1) is 17.4. The van der Waals surface area contributed by atoms with Crippen LogP contribution in [0.1, 0.15) is 26.3 Å². The van der Waals surface area contributed by atoms with Crippen molar-refractivity contribution in [3.05, 3.63) is 28.8 Å². The number of hydrogen-bond acceptors (Lipinski definition) is 3. The lowest BCUT2D eigenvalue weighted by molar-refractivity contribution is 0.414. The van der Waals surface area contributed by atoms with Crippen molar-refractivity contribution in [2.75, 3.05) is 13.6 Å². The highest BCUT2D eigenvalue weighted by atomic mass is 35.5. The quantitative estimate of drug-likeness (QED) is 0.812. The molecule has 0 spiro atoms. The van der Waals surface area contributed by atoms with Gasteiger partial charge < -0.3 is 5.32 Å². The van der Waals surface area contributed by atoms with Crippen molar-refractivity contribution in [2.24, 2.45) is 11.8 Å². The molecule has 1 rings (SSSR count). The third-order valence-corrected chi connectivity index (χ3v) is 5.21. The fourth-order valence-corrected chi connectivity index (χ4v) is 3.07. The van der Waals surface area contributed by atoms with E-state index in [-0.39, 0.29) is 10.8 Å². The number of halogens is 1. The SMILES string of the molecule is CNCc1ccc(S(=O)(=O)NCC(C)C(C)C)cc1Cl. The highest BCUT2D eigenvalue weighted by Gasteiger charge is 2.17. The number of benzene rings is 1. The maximum Gasteiger partial charge on any atom is 0.240 e. The maximum atomic E-state index is 12.2. The van der Waals surface area contributed by atoms with Gasteiger partial charge in [0.25, 0.3) is 0 Å². The molecule has 4 nitrogen and oxygen atoms in total. The van der Waals surface area contributed by atoms with Gasteiger partial charge >= 0.3 is 0 Å². The fraction of sp³-hybridized carbons (Fsp3) is 0.571. The maximum absolute atomic E-state index is 12.2. The first-order valence-corrected chi connectivity index (χ1v) is 8.56. The van der Waals surface area contributed by atoms with Crippen LogP contribution >= 0.6 is 11.6 Å². The molecular formula is C14H23ClN2O2S. The van der Waals surface area contributed by atoms with E-state index < -0.39 is 10.0 Å². The van der Waals surface area contributed by atoms with Gasteiger partial charge in [-0.15, -0.1) is 0 Å². The summed E-state index contributed by atoms with van der Waals surface area (Å²) in [5.41, 5.74) is 0.878. The van der Waals surface area contributed by atoms with E-state index in [1.54, 1.807) is 12.1 Å². The zero-order valence-electron chi connectivity index (χ0n) is 12.4. The molecule has 1 unspecified atom stereocenters. The Hall–Kier alpha value is -0.620. The van der Waals surface area contributed by atoms with Crippen LogP contribution < -0.4 is 10.0 Å². The summed E-state index contributed by atoms with van der Waals surface area (Å²) in [5, 5.41) is 3.44. The van der Waals surface area contributed by atoms with Gasteiger partial charge in [-0.25, -0.2) is 13.1 Å². The van der Waals surface area contributed by atoms with Gasteiger partial charge in [0.2, 0.25) is 10.0 Å². The first-order chi connectivity index (χ1) is 9.27. The molecule has 0 amide bonds. The molecule has 0 aromatic heterocycles. The molecule has 0 bridgehead atoms. The Labute approximate surface area is 127 Å². The highest BCUT2D eigenvalue weighted by Crippen LogP contribution is 2.21. The lowest BCUT2D eigenvalue weighted by Crippen LogP contribution is -2.30. The average Bonchev–Trinajstić information content (AvgIpc) is 2.38. The second-order valence-corrected chi connectivity index (χ2v) is 7.53. The summed E-state index contributed by atoms with van der Waals surface area (Å²) in [4.78, 5) is 0.207. The summed E-state index contributed by atoms with van der Waals surface area (Å²) >= 11 is 6.10. The second kappa shape index (κ2) is 7.41. The highest BCUT2D eigenvalue weighted by molar-refractivity contribution is 7.89. The lowest BCUT2D eigenvalue weighted by Gasteiger charge is -2.16. The summed E-state index contributed by atoms with van der Waals surface area (Å²) in [6, 6.07) is 4.82. The summed E-state index contributed by atoms with van der Waals surface area (Å²) in [6.07, 6.45) is 0. The fourth-order valence-electron chi connectivity index (χ4n) is 1.59. The number of rotatable bonds is 7. The molecule has 0 saturated carbocycles. The smallest absolute Gasteiger partial charge is 0.240 e. The van der Waals surface area contributed by atoms with E-state index in [0.29, 0.717) is 24.0 Å². The molecular weight excluding hydrogens is 296 g/mol. The Balaban J connectivity index is 2.85. The molecule has 0 aliphatic heterocycles. The van der Waals surface area contributed by atoms with E-state index in [9.17, 15) is 8.42 Å². The lowest BCUT2D eigenvalue weighted by atomic mass is 9.99. The van der Waals surface area contributed by atoms with E-state index in [1.165, 1.54) is 6.07 Å². The van der Waals surface area contributed by atoms with E-state index in [2.05, 4.69) is 23.9 Å². The van der Waals surface area contributed by atoms with Gasteiger partial charge in [0.05, 0.1) is 4.90 Å². The molecule has 114 valence electrons. The molecule has 0 aliphatic rings. The van der Waals surface area contributed by atoms with Crippen LogP contribution in [0.3, 0.4) is 0 Å². The van der Waals surface area contributed by atoms with Crippen LogP contribution in [0.4, 0.5) is 0 Å². The zero-order valence-corrected chi connectivity index (χ0v) is 14.0. The third kappa shape index (κ3) is 4.74. The van der Waals surface area contributed by atoms with Crippen LogP contribution in [0.5, 0.6) is 0 Å². The minimum atomic E-state index is -3.50. The minimum absolute atomic E-state index is 0.207. The van der Waals surface area contributed by atoms with Gasteiger partial charge in [-0.1, -0.05) is 38.4 Å². The third-order valence-electron chi connectivity index (χ3n) is 3.44. The molecule has 1 aromatic rings. The van der Waals surface area contributed by atoms with Crippen molar-refractivity contribution in [3.63, 3.8) is 0 Å². The molecule has 20 heavy (non-hydrogen) atoms. The van der Waals surface area contributed by atoms with Crippen LogP contribution in [0.2, 0.25) is 5.02 Å². The van der Waals surface area contributed by atoms with Crippen LogP contribution in [-0.2, 0) is 16.6 Å². The summed E-state index contributed by atoms with van der Waals surface area (Å²) in [5.74, 6) is 0.711. The van der Waals surface area contributed by atoms with Crippen LogP contribution in [0, 0.1) is 11.8 Å². The minimum Gasteiger partial charge on any atom is -0.316 e. The molecule has 0 saturated heterocycles. The molecule has 1 atom stereocenters. The van der Waals surface area contributed by atoms with Gasteiger partial charge in [0.1, 0.15) is 0 Å². The Morgan fingerprint density at radius 1 is 1.25 bits per heavy atom. The molecule has 0 radical (unpaired) electrons. The molecule has 6 heteroatoms. The summed E-state index contributed by atoms with van der Waals surface area (Å²) in [7, 11) is -1.68. The predicted octanol–water partition coefficient (Wildman–Crippen LogP) is 2.63. The Kier molecular flexibility index (Phi) is 6.45. The van der Waals surface area contributed by atoms with Crippen molar-refractivity contribution in [3.8, 4) is 0 Å². The molecule has 0 heterocycles. The van der Waals surface area contributed by atoms with Crippen molar-refractivity contribution in [1.29, 1.82) is 0 Å². The van der Waals surface area contributed by atoms with E-state index in [0.717, 1.165) is 5.56 Å². The van der Waals surface area contributed by atoms with Gasteiger partial charge in [-0.05, 0) is 36.6 Å². The molecule has 1 aromatic carbocycles. The van der Waals surface area contributed by atoms with Gasteiger partial charge in [-0.3, -0.25) is 0 Å². The molecule has 0 aliphatic carbocycles. The Morgan fingerprint density at radius 3 is 2.40 bits per heavy atom. The topological polar surface area (TPSA) is 58.2 Å². The van der Waals surface area contributed by atoms with E-state index >= 15 is 0 Å². The summed E-state index contributed by atoms with van der Waals surface area (Å²) < 4.78 is 27.0. The molecule has 0 fully saturated rings. The van der Waals surface area contributed by atoms with Crippen molar-refractivity contribution in [2.45, 2.75) is 32.2 Å². The number of nitrogens with one attached hydrogen (secondary N) is 2. The van der Waals surface area contributed by atoms with Gasteiger partial charge in [-0.2, -0.15) is 0 Å². The zero-order chi connectivity index (χ0) is 15.3. The monoisotopic (exact) mass is 318 g/mol. The Morgan fingerprint density at radius 2 is 1.90 bits per heavy atom. The average molecular weight is 319 g/mol. The summed E-state index contributed by atoms with van der Waals surface area (Å²) in [6.45, 7) is 7.20.